The first-order valence-corrected chi connectivity index (χ1v) is 10.7. The summed E-state index contributed by atoms with van der Waals surface area (Å²) in [5.74, 6) is -0.381. The number of aromatic nitrogens is 1. The minimum atomic E-state index is -0.749. The number of rotatable bonds is 8. The lowest BCUT2D eigenvalue weighted by atomic mass is 10.0. The van der Waals surface area contributed by atoms with E-state index in [0.29, 0.717) is 13.0 Å². The number of carbonyl (C=O) groups excluding carboxylic acids is 3. The number of Topliss-reactive ketones (excluding diaryl/α,β-unsaturated/α-hetero) is 1. The first kappa shape index (κ1) is 22.5. The van der Waals surface area contributed by atoms with Crippen LogP contribution in [0.3, 0.4) is 0 Å². The summed E-state index contributed by atoms with van der Waals surface area (Å²) in [5, 5.41) is 2.70. The molecule has 1 fully saturated rings. The molecular formula is C24H30N3O4+. The zero-order valence-corrected chi connectivity index (χ0v) is 18.1. The van der Waals surface area contributed by atoms with Crippen LogP contribution < -0.4 is 9.88 Å². The number of ether oxygens (including phenoxy) is 1. The highest BCUT2D eigenvalue weighted by atomic mass is 16.5. The molecule has 0 radical (unpaired) electrons. The van der Waals surface area contributed by atoms with Gasteiger partial charge in [0.2, 0.25) is 18.2 Å². The van der Waals surface area contributed by atoms with Gasteiger partial charge in [-0.05, 0) is 24.3 Å². The molecule has 0 spiro atoms. The van der Waals surface area contributed by atoms with E-state index in [1.807, 2.05) is 79.3 Å². The van der Waals surface area contributed by atoms with Crippen LogP contribution in [0, 0.1) is 5.92 Å². The number of hydrogen-bond donors (Lipinski definition) is 1. The van der Waals surface area contributed by atoms with Crippen molar-refractivity contribution in [2.75, 3.05) is 6.54 Å². The topological polar surface area (TPSA) is 79.6 Å². The van der Waals surface area contributed by atoms with Gasteiger partial charge in [0.05, 0.1) is 6.04 Å². The van der Waals surface area contributed by atoms with Crippen LogP contribution >= 0.6 is 0 Å². The second-order valence-electron chi connectivity index (χ2n) is 8.13. The van der Waals surface area contributed by atoms with Gasteiger partial charge < -0.3 is 15.0 Å². The van der Waals surface area contributed by atoms with E-state index in [1.165, 1.54) is 0 Å². The Labute approximate surface area is 183 Å². The molecule has 2 atom stereocenters. The highest BCUT2D eigenvalue weighted by Gasteiger charge is 2.39. The van der Waals surface area contributed by atoms with E-state index in [-0.39, 0.29) is 30.8 Å². The van der Waals surface area contributed by atoms with E-state index in [2.05, 4.69) is 5.32 Å². The number of likely N-dealkylation sites (tertiary alicyclic amines) is 1. The van der Waals surface area contributed by atoms with Crippen LogP contribution in [0.25, 0.3) is 0 Å². The van der Waals surface area contributed by atoms with E-state index in [4.69, 9.17) is 4.74 Å². The normalized spacial score (nSPS) is 16.7. The van der Waals surface area contributed by atoms with Gasteiger partial charge >= 0.3 is 6.09 Å². The summed E-state index contributed by atoms with van der Waals surface area (Å²) in [5.41, 5.74) is 0.869. The molecule has 31 heavy (non-hydrogen) atoms. The number of hydrogen-bond acceptors (Lipinski definition) is 4. The molecule has 0 aliphatic carbocycles. The molecule has 2 heterocycles. The van der Waals surface area contributed by atoms with Gasteiger partial charge in [0, 0.05) is 18.7 Å². The molecule has 1 aromatic carbocycles. The molecule has 2 aromatic rings. The molecule has 3 rings (SSSR count). The van der Waals surface area contributed by atoms with Crippen molar-refractivity contribution in [2.24, 2.45) is 5.92 Å². The lowest BCUT2D eigenvalue weighted by Gasteiger charge is -2.29. The zero-order chi connectivity index (χ0) is 22.2. The summed E-state index contributed by atoms with van der Waals surface area (Å²) in [6.45, 7) is 4.59. The lowest BCUT2D eigenvalue weighted by Crippen LogP contribution is -2.55. The first-order valence-electron chi connectivity index (χ1n) is 10.7. The SMILES string of the molecule is CC(C)C(NC(=O)OCc1ccccc1)C(=O)N1CCCC1C(=O)C[n+]1ccccc1. The van der Waals surface area contributed by atoms with Crippen molar-refractivity contribution < 1.29 is 23.7 Å². The van der Waals surface area contributed by atoms with Crippen LogP contribution in [0.4, 0.5) is 4.79 Å². The quantitative estimate of drug-likeness (QED) is 0.661. The van der Waals surface area contributed by atoms with Gasteiger partial charge in [-0.15, -0.1) is 0 Å². The number of pyridine rings is 1. The van der Waals surface area contributed by atoms with Gasteiger partial charge in [0.1, 0.15) is 12.6 Å². The fourth-order valence-electron chi connectivity index (χ4n) is 3.77. The predicted octanol–water partition coefficient (Wildman–Crippen LogP) is 2.49. The number of amides is 2. The van der Waals surface area contributed by atoms with Crippen molar-refractivity contribution in [1.82, 2.24) is 10.2 Å². The monoisotopic (exact) mass is 424 g/mol. The maximum atomic E-state index is 13.3. The molecule has 1 saturated heterocycles. The van der Waals surface area contributed by atoms with E-state index in [9.17, 15) is 14.4 Å². The Hall–Kier alpha value is -3.22. The maximum Gasteiger partial charge on any atom is 0.408 e. The molecule has 2 amide bonds. The van der Waals surface area contributed by atoms with Gasteiger partial charge in [-0.1, -0.05) is 50.2 Å². The molecule has 0 bridgehead atoms. The van der Waals surface area contributed by atoms with Crippen molar-refractivity contribution in [2.45, 2.75) is 51.9 Å². The Balaban J connectivity index is 1.61. The smallest absolute Gasteiger partial charge is 0.408 e. The third-order valence-electron chi connectivity index (χ3n) is 5.44. The van der Waals surface area contributed by atoms with Gasteiger partial charge in [0.25, 0.3) is 0 Å². The first-order chi connectivity index (χ1) is 15.0. The van der Waals surface area contributed by atoms with Crippen LogP contribution in [0.2, 0.25) is 0 Å². The third kappa shape index (κ3) is 6.13. The third-order valence-corrected chi connectivity index (χ3v) is 5.44. The summed E-state index contributed by atoms with van der Waals surface area (Å²) < 4.78 is 7.09. The van der Waals surface area contributed by atoms with E-state index < -0.39 is 18.2 Å². The molecule has 0 saturated carbocycles. The van der Waals surface area contributed by atoms with Gasteiger partial charge in [-0.3, -0.25) is 9.59 Å². The van der Waals surface area contributed by atoms with Crippen LogP contribution in [0.1, 0.15) is 32.3 Å². The molecule has 1 N–H and O–H groups in total. The average molecular weight is 425 g/mol. The number of benzene rings is 1. The van der Waals surface area contributed by atoms with Crippen molar-refractivity contribution in [3.05, 3.63) is 66.5 Å². The summed E-state index contributed by atoms with van der Waals surface area (Å²) >= 11 is 0. The molecular weight excluding hydrogens is 394 g/mol. The summed E-state index contributed by atoms with van der Waals surface area (Å²) in [6, 6.07) is 13.8. The highest BCUT2D eigenvalue weighted by molar-refractivity contribution is 5.92. The molecule has 1 aromatic heterocycles. The summed E-state index contributed by atoms with van der Waals surface area (Å²) in [4.78, 5) is 40.1. The van der Waals surface area contributed by atoms with E-state index >= 15 is 0 Å². The van der Waals surface area contributed by atoms with Crippen molar-refractivity contribution in [3.8, 4) is 0 Å². The average Bonchev–Trinajstić information content (AvgIpc) is 3.27. The van der Waals surface area contributed by atoms with E-state index in [0.717, 1.165) is 12.0 Å². The lowest BCUT2D eigenvalue weighted by molar-refractivity contribution is -0.684. The molecule has 2 unspecified atom stereocenters. The number of alkyl carbamates (subject to hydrolysis) is 1. The Kier molecular flexibility index (Phi) is 7.76. The molecule has 164 valence electrons. The van der Waals surface area contributed by atoms with Crippen molar-refractivity contribution in [1.29, 1.82) is 0 Å². The van der Waals surface area contributed by atoms with Crippen molar-refractivity contribution >= 4 is 17.8 Å². The molecule has 1 aliphatic rings. The second-order valence-corrected chi connectivity index (χ2v) is 8.13. The van der Waals surface area contributed by atoms with Gasteiger partial charge in [-0.2, -0.15) is 4.57 Å². The Bertz CT molecular complexity index is 886. The fourth-order valence-corrected chi connectivity index (χ4v) is 3.77. The van der Waals surface area contributed by atoms with Crippen LogP contribution in [0.15, 0.2) is 60.9 Å². The van der Waals surface area contributed by atoms with Crippen LogP contribution in [-0.4, -0.2) is 41.3 Å². The number of ketones is 1. The predicted molar refractivity (Wildman–Crippen MR) is 115 cm³/mol. The van der Waals surface area contributed by atoms with Gasteiger partial charge in [0.15, 0.2) is 12.4 Å². The largest absolute Gasteiger partial charge is 0.445 e. The number of carbonyl (C=O) groups is 3. The van der Waals surface area contributed by atoms with Gasteiger partial charge in [-0.25, -0.2) is 4.79 Å². The van der Waals surface area contributed by atoms with Crippen LogP contribution in [-0.2, 0) is 27.5 Å². The van der Waals surface area contributed by atoms with E-state index in [1.54, 1.807) is 4.90 Å². The fraction of sp³-hybridized carbons (Fsp3) is 0.417. The zero-order valence-electron chi connectivity index (χ0n) is 18.1. The second kappa shape index (κ2) is 10.7. The highest BCUT2D eigenvalue weighted by Crippen LogP contribution is 2.21. The summed E-state index contributed by atoms with van der Waals surface area (Å²) in [6.07, 6.45) is 4.44. The minimum absolute atomic E-state index is 0.00351. The maximum absolute atomic E-state index is 13.3. The number of nitrogens with zero attached hydrogens (tertiary/aromatic N) is 2. The molecule has 1 aliphatic heterocycles. The minimum Gasteiger partial charge on any atom is -0.445 e. The molecule has 7 nitrogen and oxygen atoms in total. The van der Waals surface area contributed by atoms with Crippen LogP contribution in [0.5, 0.6) is 0 Å². The Morgan fingerprint density at radius 2 is 1.77 bits per heavy atom. The number of nitrogens with one attached hydrogen (secondary N) is 1. The summed E-state index contributed by atoms with van der Waals surface area (Å²) in [7, 11) is 0. The van der Waals surface area contributed by atoms with Crippen molar-refractivity contribution in [3.63, 3.8) is 0 Å². The Morgan fingerprint density at radius 3 is 2.45 bits per heavy atom. The Morgan fingerprint density at radius 1 is 1.10 bits per heavy atom. The molecule has 7 heteroatoms. The standard InChI is InChI=1S/C24H29N3O4/c1-18(2)22(25-24(30)31-17-19-10-5-3-6-11-19)23(29)27-15-9-12-20(27)21(28)16-26-13-7-4-8-14-26/h3-8,10-11,13-14,18,20,22H,9,12,15-17H2,1-2H3/p+1.